The Bertz CT molecular complexity index is 685. The fourth-order valence-electron chi connectivity index (χ4n) is 3.70. The molecule has 140 valence electrons. The highest BCUT2D eigenvalue weighted by molar-refractivity contribution is 7.89. The van der Waals surface area contributed by atoms with E-state index in [9.17, 15) is 8.42 Å². The van der Waals surface area contributed by atoms with Crippen molar-refractivity contribution in [3.05, 3.63) is 41.0 Å². The van der Waals surface area contributed by atoms with Crippen LogP contribution in [0.25, 0.3) is 0 Å². The molecule has 1 saturated heterocycles. The molecule has 0 amide bonds. The minimum atomic E-state index is -3.42. The third kappa shape index (κ3) is 4.95. The molecule has 0 aromatic heterocycles. The first-order valence-corrected chi connectivity index (χ1v) is 11.1. The third-order valence-electron chi connectivity index (χ3n) is 5.20. The lowest BCUT2D eigenvalue weighted by Crippen LogP contribution is -2.36. The van der Waals surface area contributed by atoms with E-state index in [1.807, 2.05) is 19.1 Å². The van der Waals surface area contributed by atoms with Crippen molar-refractivity contribution >= 4 is 10.0 Å². The number of rotatable bonds is 8. The average molecular weight is 364 g/mol. The van der Waals surface area contributed by atoms with Gasteiger partial charge in [-0.05, 0) is 45.7 Å². The predicted molar refractivity (Wildman–Crippen MR) is 105 cm³/mol. The topological polar surface area (TPSA) is 37.4 Å². The van der Waals surface area contributed by atoms with E-state index >= 15 is 0 Å². The lowest BCUT2D eigenvalue weighted by atomic mass is 9.98. The smallest absolute Gasteiger partial charge is 0.207 e. The minimum Gasteiger partial charge on any atom is -0.207 e. The number of hydrogen-bond donors (Lipinski definition) is 0. The Balaban J connectivity index is 2.19. The Morgan fingerprint density at radius 2 is 1.72 bits per heavy atom. The molecule has 0 radical (unpaired) electrons. The van der Waals surface area contributed by atoms with E-state index in [-0.39, 0.29) is 6.04 Å². The summed E-state index contributed by atoms with van der Waals surface area (Å²) in [6.45, 7) is 9.03. The summed E-state index contributed by atoms with van der Waals surface area (Å²) in [5.74, 6) is 0. The summed E-state index contributed by atoms with van der Waals surface area (Å²) in [5.41, 5.74) is 3.68. The van der Waals surface area contributed by atoms with Crippen LogP contribution >= 0.6 is 0 Å². The molecule has 1 fully saturated rings. The first kappa shape index (κ1) is 20.2. The zero-order valence-electron chi connectivity index (χ0n) is 16.2. The summed E-state index contributed by atoms with van der Waals surface area (Å²) in [6, 6.07) is 7.28. The van der Waals surface area contributed by atoms with Crippen molar-refractivity contribution in [2.24, 2.45) is 0 Å². The Morgan fingerprint density at radius 3 is 2.32 bits per heavy atom. The van der Waals surface area contributed by atoms with Crippen molar-refractivity contribution < 1.29 is 8.42 Å². The number of hydrogen-bond acceptors (Lipinski definition) is 2. The molecular formula is C21H33NO2S. The van der Waals surface area contributed by atoms with Gasteiger partial charge >= 0.3 is 0 Å². The molecule has 1 aromatic rings. The Kier molecular flexibility index (Phi) is 7.26. The predicted octanol–water partition coefficient (Wildman–Crippen LogP) is 5.45. The first-order valence-electron chi connectivity index (χ1n) is 9.62. The number of unbranched alkanes of at least 4 members (excludes halogenated alkanes) is 4. The van der Waals surface area contributed by atoms with Gasteiger partial charge in [0, 0.05) is 12.6 Å². The molecule has 1 unspecified atom stereocenters. The van der Waals surface area contributed by atoms with Gasteiger partial charge in [0.2, 0.25) is 10.0 Å². The van der Waals surface area contributed by atoms with Crippen molar-refractivity contribution in [1.29, 1.82) is 0 Å². The highest BCUT2D eigenvalue weighted by Gasteiger charge is 2.38. The number of aryl methyl sites for hydroxylation is 1. The summed E-state index contributed by atoms with van der Waals surface area (Å²) in [7, 11) is -3.42. The van der Waals surface area contributed by atoms with Gasteiger partial charge in [0.05, 0.1) is 4.90 Å². The van der Waals surface area contributed by atoms with Gasteiger partial charge in [-0.2, -0.15) is 4.31 Å². The van der Waals surface area contributed by atoms with Crippen LogP contribution in [0.4, 0.5) is 0 Å². The average Bonchev–Trinajstić information content (AvgIpc) is 3.00. The highest BCUT2D eigenvalue weighted by Crippen LogP contribution is 2.34. The van der Waals surface area contributed by atoms with Crippen LogP contribution < -0.4 is 0 Å². The molecule has 1 atom stereocenters. The standard InChI is InChI=1S/C21H33NO2S/c1-5-6-7-8-9-10-21-20(17(2)3)15-16-22(21)25(23,24)19-13-11-18(4)12-14-19/h11-14,21H,5-10,15-16H2,1-4H3. The first-order chi connectivity index (χ1) is 11.9. The summed E-state index contributed by atoms with van der Waals surface area (Å²) >= 11 is 0. The second kappa shape index (κ2) is 9.00. The maximum atomic E-state index is 13.2. The number of allylic oxidation sites excluding steroid dienone is 1. The SMILES string of the molecule is CCCCCCCC1C(=C(C)C)CCN1S(=O)(=O)c1ccc(C)cc1. The van der Waals surface area contributed by atoms with Gasteiger partial charge in [-0.25, -0.2) is 8.42 Å². The van der Waals surface area contributed by atoms with Crippen LogP contribution in [-0.4, -0.2) is 25.3 Å². The summed E-state index contributed by atoms with van der Waals surface area (Å²) in [5, 5.41) is 0. The monoisotopic (exact) mass is 363 g/mol. The van der Waals surface area contributed by atoms with Crippen molar-refractivity contribution in [3.8, 4) is 0 Å². The van der Waals surface area contributed by atoms with E-state index in [2.05, 4.69) is 20.8 Å². The van der Waals surface area contributed by atoms with E-state index in [1.54, 1.807) is 16.4 Å². The maximum Gasteiger partial charge on any atom is 0.243 e. The van der Waals surface area contributed by atoms with Crippen LogP contribution in [0.3, 0.4) is 0 Å². The molecule has 1 aliphatic heterocycles. The van der Waals surface area contributed by atoms with Crippen LogP contribution in [0.15, 0.2) is 40.3 Å². The molecule has 3 nitrogen and oxygen atoms in total. The quantitative estimate of drug-likeness (QED) is 0.454. The van der Waals surface area contributed by atoms with Gasteiger partial charge in [0.15, 0.2) is 0 Å². The van der Waals surface area contributed by atoms with Crippen molar-refractivity contribution in [1.82, 2.24) is 4.31 Å². The van der Waals surface area contributed by atoms with Crippen LogP contribution in [0.5, 0.6) is 0 Å². The highest BCUT2D eigenvalue weighted by atomic mass is 32.2. The van der Waals surface area contributed by atoms with Gasteiger partial charge in [0.25, 0.3) is 0 Å². The molecule has 0 saturated carbocycles. The fourth-order valence-corrected chi connectivity index (χ4v) is 5.35. The lowest BCUT2D eigenvalue weighted by Gasteiger charge is -2.25. The molecule has 0 bridgehead atoms. The molecule has 0 aliphatic carbocycles. The van der Waals surface area contributed by atoms with Gasteiger partial charge in [-0.15, -0.1) is 0 Å². The van der Waals surface area contributed by atoms with Crippen LogP contribution in [0.2, 0.25) is 0 Å². The minimum absolute atomic E-state index is 0.0397. The molecule has 1 aromatic carbocycles. The molecule has 4 heteroatoms. The number of sulfonamides is 1. The van der Waals surface area contributed by atoms with Crippen LogP contribution in [0, 0.1) is 6.92 Å². The van der Waals surface area contributed by atoms with E-state index in [1.165, 1.54) is 36.8 Å². The molecule has 2 rings (SSSR count). The molecule has 25 heavy (non-hydrogen) atoms. The maximum absolute atomic E-state index is 13.2. The molecule has 1 heterocycles. The Morgan fingerprint density at radius 1 is 1.08 bits per heavy atom. The van der Waals surface area contributed by atoms with E-state index < -0.39 is 10.0 Å². The fraction of sp³-hybridized carbons (Fsp3) is 0.619. The third-order valence-corrected chi connectivity index (χ3v) is 7.12. The van der Waals surface area contributed by atoms with Gasteiger partial charge in [-0.3, -0.25) is 0 Å². The van der Waals surface area contributed by atoms with Gasteiger partial charge < -0.3 is 0 Å². The van der Waals surface area contributed by atoms with Gasteiger partial charge in [-0.1, -0.05) is 67.9 Å². The van der Waals surface area contributed by atoms with Crippen LogP contribution in [-0.2, 0) is 10.0 Å². The summed E-state index contributed by atoms with van der Waals surface area (Å²) in [4.78, 5) is 0.420. The van der Waals surface area contributed by atoms with Crippen molar-refractivity contribution in [3.63, 3.8) is 0 Å². The zero-order valence-corrected chi connectivity index (χ0v) is 17.0. The van der Waals surface area contributed by atoms with E-state index in [0.717, 1.165) is 24.8 Å². The van der Waals surface area contributed by atoms with Crippen molar-refractivity contribution in [2.45, 2.75) is 83.6 Å². The normalized spacial score (nSPS) is 18.7. The molecule has 0 N–H and O–H groups in total. The van der Waals surface area contributed by atoms with Crippen LogP contribution in [0.1, 0.15) is 71.3 Å². The number of nitrogens with zero attached hydrogens (tertiary/aromatic N) is 1. The summed E-state index contributed by atoms with van der Waals surface area (Å²) < 4.78 is 28.1. The van der Waals surface area contributed by atoms with E-state index in [4.69, 9.17) is 0 Å². The molecular weight excluding hydrogens is 330 g/mol. The molecule has 0 spiro atoms. The second-order valence-electron chi connectivity index (χ2n) is 7.42. The van der Waals surface area contributed by atoms with E-state index in [0.29, 0.717) is 11.4 Å². The Labute approximate surface area is 154 Å². The second-order valence-corrected chi connectivity index (χ2v) is 9.31. The Hall–Kier alpha value is -1.13. The molecule has 1 aliphatic rings. The zero-order chi connectivity index (χ0) is 18.4. The van der Waals surface area contributed by atoms with Gasteiger partial charge in [0.1, 0.15) is 0 Å². The lowest BCUT2D eigenvalue weighted by molar-refractivity contribution is 0.380. The van der Waals surface area contributed by atoms with Crippen molar-refractivity contribution in [2.75, 3.05) is 6.54 Å². The largest absolute Gasteiger partial charge is 0.243 e. The number of benzene rings is 1. The summed E-state index contributed by atoms with van der Waals surface area (Å²) in [6.07, 6.45) is 7.85.